The number of hydrogen-bond donors (Lipinski definition) is 1. The number of nitrogens with one attached hydrogen (secondary N) is 1. The summed E-state index contributed by atoms with van der Waals surface area (Å²) in [5.41, 5.74) is 1.72. The van der Waals surface area contributed by atoms with Crippen LogP contribution in [0.3, 0.4) is 0 Å². The summed E-state index contributed by atoms with van der Waals surface area (Å²) in [5, 5.41) is 3.96. The number of amides is 1. The van der Waals surface area contributed by atoms with E-state index in [1.807, 2.05) is 6.07 Å². The van der Waals surface area contributed by atoms with Gasteiger partial charge in [0.1, 0.15) is 5.76 Å². The number of anilines is 1. The molecule has 0 aliphatic heterocycles. The summed E-state index contributed by atoms with van der Waals surface area (Å²) in [6.07, 6.45) is 0. The lowest BCUT2D eigenvalue weighted by atomic mass is 10.1. The van der Waals surface area contributed by atoms with Crippen molar-refractivity contribution in [1.29, 1.82) is 0 Å². The molecule has 1 heterocycles. The van der Waals surface area contributed by atoms with E-state index in [2.05, 4.69) is 5.32 Å². The zero-order valence-corrected chi connectivity index (χ0v) is 19.6. The predicted molar refractivity (Wildman–Crippen MR) is 121 cm³/mol. The van der Waals surface area contributed by atoms with Crippen LogP contribution in [0.4, 0.5) is 5.69 Å². The summed E-state index contributed by atoms with van der Waals surface area (Å²) >= 11 is 12.3. The molecule has 0 bridgehead atoms. The molecule has 3 rings (SSSR count). The van der Waals surface area contributed by atoms with Gasteiger partial charge in [-0.2, -0.15) is 0 Å². The number of aryl methyl sites for hydroxylation is 1. The maximum atomic E-state index is 12.8. The second-order valence-corrected chi connectivity index (χ2v) is 8.91. The Kier molecular flexibility index (Phi) is 7.81. The van der Waals surface area contributed by atoms with Crippen molar-refractivity contribution in [3.8, 4) is 0 Å². The topological polar surface area (TPSA) is 87.0 Å². The van der Waals surface area contributed by atoms with E-state index < -0.39 is 13.7 Å². The molecular formula is C21H22Cl2NO6P. The van der Waals surface area contributed by atoms with Gasteiger partial charge >= 0.3 is 7.82 Å². The van der Waals surface area contributed by atoms with Gasteiger partial charge in [-0.15, -0.1) is 0 Å². The van der Waals surface area contributed by atoms with Crippen LogP contribution in [0.2, 0.25) is 10.0 Å². The second kappa shape index (κ2) is 10.2. The molecule has 0 aliphatic carbocycles. The van der Waals surface area contributed by atoms with Gasteiger partial charge in [0.15, 0.2) is 5.58 Å². The van der Waals surface area contributed by atoms with E-state index in [9.17, 15) is 9.36 Å². The maximum absolute atomic E-state index is 12.8. The highest BCUT2D eigenvalue weighted by molar-refractivity contribution is 7.48. The summed E-state index contributed by atoms with van der Waals surface area (Å²) in [4.78, 5) is 12.8. The second-order valence-electron chi connectivity index (χ2n) is 6.43. The van der Waals surface area contributed by atoms with Crippen molar-refractivity contribution in [2.75, 3.05) is 18.5 Å². The molecule has 0 aliphatic rings. The molecular weight excluding hydrogens is 464 g/mol. The number of phosphoric acid groups is 1. The first-order chi connectivity index (χ1) is 14.8. The third kappa shape index (κ3) is 5.32. The molecule has 1 N–H and O–H groups in total. The number of carbonyl (C=O) groups is 1. The van der Waals surface area contributed by atoms with Gasteiger partial charge in [0.25, 0.3) is 5.91 Å². The third-order valence-corrected chi connectivity index (χ3v) is 6.62. The lowest BCUT2D eigenvalue weighted by Crippen LogP contribution is -2.13. The largest absolute Gasteiger partial charge is 0.475 e. The molecule has 3 aromatic rings. The highest BCUT2D eigenvalue weighted by Crippen LogP contribution is 2.50. The van der Waals surface area contributed by atoms with Gasteiger partial charge in [0.05, 0.1) is 41.1 Å². The Bertz CT molecular complexity index is 1120. The SMILES string of the molecule is CCOP(=O)(OCC)OCc1c(C)oc2c(NC(=O)c3c(Cl)cccc3Cl)cccc12. The number of benzene rings is 2. The third-order valence-electron chi connectivity index (χ3n) is 4.40. The summed E-state index contributed by atoms with van der Waals surface area (Å²) in [6, 6.07) is 10.1. The Balaban J connectivity index is 1.90. The first-order valence-corrected chi connectivity index (χ1v) is 11.8. The monoisotopic (exact) mass is 485 g/mol. The van der Waals surface area contributed by atoms with Gasteiger partial charge < -0.3 is 9.73 Å². The molecule has 0 unspecified atom stereocenters. The number of hydrogen-bond acceptors (Lipinski definition) is 6. The van der Waals surface area contributed by atoms with Crippen LogP contribution in [0.1, 0.15) is 35.5 Å². The summed E-state index contributed by atoms with van der Waals surface area (Å²) in [7, 11) is -3.68. The van der Waals surface area contributed by atoms with Crippen LogP contribution in [-0.2, 0) is 24.7 Å². The van der Waals surface area contributed by atoms with E-state index in [1.165, 1.54) is 0 Å². The van der Waals surface area contributed by atoms with E-state index in [4.69, 9.17) is 41.2 Å². The van der Waals surface area contributed by atoms with Crippen LogP contribution in [0.5, 0.6) is 0 Å². The van der Waals surface area contributed by atoms with Crippen LogP contribution in [-0.4, -0.2) is 19.1 Å². The molecule has 7 nitrogen and oxygen atoms in total. The fraction of sp³-hybridized carbons (Fsp3) is 0.286. The number of fused-ring (bicyclic) bond motifs is 1. The molecule has 1 amide bonds. The van der Waals surface area contributed by atoms with Crippen molar-refractivity contribution in [2.24, 2.45) is 0 Å². The van der Waals surface area contributed by atoms with Crippen LogP contribution in [0, 0.1) is 6.92 Å². The van der Waals surface area contributed by atoms with Crippen molar-refractivity contribution in [2.45, 2.75) is 27.4 Å². The molecule has 0 saturated heterocycles. The average Bonchev–Trinajstić information content (AvgIpc) is 3.03. The molecule has 0 radical (unpaired) electrons. The molecule has 10 heteroatoms. The number of furan rings is 1. The van der Waals surface area contributed by atoms with Crippen LogP contribution in [0.25, 0.3) is 11.0 Å². The van der Waals surface area contributed by atoms with Gasteiger partial charge in [-0.25, -0.2) is 4.57 Å². The normalized spacial score (nSPS) is 11.8. The quantitative estimate of drug-likeness (QED) is 0.328. The van der Waals surface area contributed by atoms with Crippen molar-refractivity contribution in [3.63, 3.8) is 0 Å². The predicted octanol–water partition coefficient (Wildman–Crippen LogP) is 7.00. The average molecular weight is 486 g/mol. The fourth-order valence-corrected chi connectivity index (χ4v) is 4.75. The Labute approximate surface area is 190 Å². The molecule has 2 aromatic carbocycles. The summed E-state index contributed by atoms with van der Waals surface area (Å²) in [5.74, 6) is 0.0826. The first kappa shape index (κ1) is 23.8. The van der Waals surface area contributed by atoms with E-state index in [0.717, 1.165) is 0 Å². The van der Waals surface area contributed by atoms with E-state index >= 15 is 0 Å². The molecule has 1 aromatic heterocycles. The number of para-hydroxylation sites is 1. The van der Waals surface area contributed by atoms with Gasteiger partial charge in [0.2, 0.25) is 0 Å². The lowest BCUT2D eigenvalue weighted by Gasteiger charge is -2.16. The molecule has 0 fully saturated rings. The smallest absolute Gasteiger partial charge is 0.459 e. The van der Waals surface area contributed by atoms with Crippen LogP contribution >= 0.6 is 31.0 Å². The van der Waals surface area contributed by atoms with Gasteiger partial charge in [-0.05, 0) is 39.0 Å². The molecule has 166 valence electrons. The maximum Gasteiger partial charge on any atom is 0.475 e. The number of rotatable bonds is 9. The molecule has 0 atom stereocenters. The van der Waals surface area contributed by atoms with Crippen molar-refractivity contribution in [1.82, 2.24) is 0 Å². The lowest BCUT2D eigenvalue weighted by molar-refractivity contribution is 0.102. The van der Waals surface area contributed by atoms with Crippen molar-refractivity contribution >= 4 is 53.6 Å². The summed E-state index contributed by atoms with van der Waals surface area (Å²) in [6.45, 7) is 5.47. The van der Waals surface area contributed by atoms with E-state index in [1.54, 1.807) is 51.1 Å². The minimum Gasteiger partial charge on any atom is -0.459 e. The van der Waals surface area contributed by atoms with Crippen molar-refractivity contribution in [3.05, 3.63) is 63.3 Å². The molecule has 31 heavy (non-hydrogen) atoms. The van der Waals surface area contributed by atoms with Gasteiger partial charge in [-0.3, -0.25) is 18.4 Å². The molecule has 0 saturated carbocycles. The summed E-state index contributed by atoms with van der Waals surface area (Å²) < 4.78 is 34.3. The van der Waals surface area contributed by atoms with Crippen LogP contribution in [0.15, 0.2) is 40.8 Å². The van der Waals surface area contributed by atoms with Crippen LogP contribution < -0.4 is 5.32 Å². The van der Waals surface area contributed by atoms with Gasteiger partial charge in [0, 0.05) is 10.9 Å². The molecule has 0 spiro atoms. The number of carbonyl (C=O) groups excluding carboxylic acids is 1. The zero-order valence-electron chi connectivity index (χ0n) is 17.2. The minimum absolute atomic E-state index is 0.0517. The zero-order chi connectivity index (χ0) is 22.6. The highest BCUT2D eigenvalue weighted by atomic mass is 35.5. The van der Waals surface area contributed by atoms with E-state index in [-0.39, 0.29) is 35.4 Å². The minimum atomic E-state index is -3.68. The number of halogens is 2. The van der Waals surface area contributed by atoms with Crippen molar-refractivity contribution < 1.29 is 27.3 Å². The Morgan fingerprint density at radius 3 is 2.26 bits per heavy atom. The number of phosphoric ester groups is 1. The fourth-order valence-electron chi connectivity index (χ4n) is 3.04. The van der Waals surface area contributed by atoms with Gasteiger partial charge in [-0.1, -0.05) is 41.4 Å². The Morgan fingerprint density at radius 2 is 1.65 bits per heavy atom. The first-order valence-electron chi connectivity index (χ1n) is 9.59. The highest BCUT2D eigenvalue weighted by Gasteiger charge is 2.27. The Hall–Kier alpha value is -1.86. The Morgan fingerprint density at radius 1 is 1.03 bits per heavy atom. The van der Waals surface area contributed by atoms with E-state index in [0.29, 0.717) is 28.0 Å². The standard InChI is InChI=1S/C21H22Cl2NO6P/c1-4-27-31(26,28-5-2)29-12-15-13(3)30-20-14(15)8-6-11-18(20)24-21(25)19-16(22)9-7-10-17(19)23/h6-11H,4-5,12H2,1-3H3,(H,24,25).